The van der Waals surface area contributed by atoms with Crippen molar-refractivity contribution in [1.29, 1.82) is 0 Å². The molecule has 1 amide bonds. The Kier molecular flexibility index (Phi) is 6.78. The van der Waals surface area contributed by atoms with Crippen LogP contribution in [0.3, 0.4) is 0 Å². The maximum absolute atomic E-state index is 12.2. The van der Waals surface area contributed by atoms with E-state index in [9.17, 15) is 4.79 Å². The van der Waals surface area contributed by atoms with Crippen LogP contribution in [0.25, 0.3) is 0 Å². The van der Waals surface area contributed by atoms with Crippen LogP contribution in [0.2, 0.25) is 0 Å². The molecule has 0 aliphatic carbocycles. The molecule has 0 aliphatic heterocycles. The number of amides is 1. The van der Waals surface area contributed by atoms with E-state index >= 15 is 0 Å². The zero-order valence-corrected chi connectivity index (χ0v) is 13.6. The molecule has 0 saturated heterocycles. The van der Waals surface area contributed by atoms with Crippen molar-refractivity contribution in [2.45, 2.75) is 53.0 Å². The van der Waals surface area contributed by atoms with Crippen molar-refractivity contribution in [3.05, 3.63) is 4.88 Å². The molecule has 5 nitrogen and oxygen atoms in total. The number of nitrogen functional groups attached to an aromatic ring is 1. The van der Waals surface area contributed by atoms with Gasteiger partial charge in [0.25, 0.3) is 5.91 Å². The fraction of sp³-hybridized carbons (Fsp3) is 0.714. The molecule has 1 aromatic heterocycles. The third-order valence-corrected chi connectivity index (χ3v) is 3.97. The average Bonchev–Trinajstić information content (AvgIpc) is 2.75. The van der Waals surface area contributed by atoms with Crippen LogP contribution in [0.5, 0.6) is 0 Å². The zero-order chi connectivity index (χ0) is 15.1. The number of nitrogens with zero attached hydrogens (tertiary/aromatic N) is 1. The van der Waals surface area contributed by atoms with Crippen LogP contribution in [0.4, 0.5) is 10.9 Å². The molecule has 0 spiro atoms. The summed E-state index contributed by atoms with van der Waals surface area (Å²) in [5, 5.41) is 6.85. The Hall–Kier alpha value is -1.30. The molecule has 1 atom stereocenters. The van der Waals surface area contributed by atoms with Gasteiger partial charge >= 0.3 is 0 Å². The van der Waals surface area contributed by atoms with Crippen LogP contribution in [0.1, 0.15) is 56.6 Å². The normalized spacial score (nSPS) is 12.4. The topological polar surface area (TPSA) is 80.0 Å². The number of aromatic nitrogens is 1. The molecule has 0 aromatic carbocycles. The Morgan fingerprint density at radius 1 is 1.35 bits per heavy atom. The maximum Gasteiger partial charge on any atom is 0.265 e. The standard InChI is InChI=1S/C14H26N4OS/c1-5-8-16-14-18-12(15)11(20-14)13(19)17-10(4)7-6-9(2)3/h9-10H,5-8,15H2,1-4H3,(H,16,18)(H,17,19). The molecule has 0 bridgehead atoms. The van der Waals surface area contributed by atoms with Crippen LogP contribution in [0.15, 0.2) is 0 Å². The largest absolute Gasteiger partial charge is 0.382 e. The van der Waals surface area contributed by atoms with E-state index in [1.54, 1.807) is 0 Å². The molecule has 0 aliphatic rings. The smallest absolute Gasteiger partial charge is 0.265 e. The molecule has 20 heavy (non-hydrogen) atoms. The van der Waals surface area contributed by atoms with Gasteiger partial charge in [-0.15, -0.1) is 0 Å². The van der Waals surface area contributed by atoms with E-state index < -0.39 is 0 Å². The van der Waals surface area contributed by atoms with Crippen molar-refractivity contribution in [2.24, 2.45) is 5.92 Å². The minimum absolute atomic E-state index is 0.124. The van der Waals surface area contributed by atoms with E-state index in [0.717, 1.165) is 25.8 Å². The molecule has 114 valence electrons. The molecule has 4 N–H and O–H groups in total. The number of hydrogen-bond acceptors (Lipinski definition) is 5. The Morgan fingerprint density at radius 2 is 2.05 bits per heavy atom. The second-order valence-electron chi connectivity index (χ2n) is 5.51. The van der Waals surface area contributed by atoms with Crippen molar-refractivity contribution < 1.29 is 4.79 Å². The van der Waals surface area contributed by atoms with E-state index in [0.29, 0.717) is 21.7 Å². The van der Waals surface area contributed by atoms with Crippen LogP contribution >= 0.6 is 11.3 Å². The minimum atomic E-state index is -0.124. The number of carbonyl (C=O) groups excluding carboxylic acids is 1. The summed E-state index contributed by atoms with van der Waals surface area (Å²) in [5.74, 6) is 0.829. The van der Waals surface area contributed by atoms with Gasteiger partial charge < -0.3 is 16.4 Å². The summed E-state index contributed by atoms with van der Waals surface area (Å²) in [5.41, 5.74) is 5.81. The van der Waals surface area contributed by atoms with Crippen LogP contribution in [-0.2, 0) is 0 Å². The predicted molar refractivity (Wildman–Crippen MR) is 86.3 cm³/mol. The fourth-order valence-electron chi connectivity index (χ4n) is 1.75. The Morgan fingerprint density at radius 3 is 2.65 bits per heavy atom. The first-order valence-electron chi connectivity index (χ1n) is 7.25. The summed E-state index contributed by atoms with van der Waals surface area (Å²) >= 11 is 1.31. The van der Waals surface area contributed by atoms with Crippen molar-refractivity contribution in [3.63, 3.8) is 0 Å². The minimum Gasteiger partial charge on any atom is -0.382 e. The number of hydrogen-bond donors (Lipinski definition) is 3. The molecular formula is C14H26N4OS. The van der Waals surface area contributed by atoms with Crippen molar-refractivity contribution >= 4 is 28.2 Å². The summed E-state index contributed by atoms with van der Waals surface area (Å²) in [6.45, 7) is 9.29. The van der Waals surface area contributed by atoms with Gasteiger partial charge in [-0.05, 0) is 32.1 Å². The highest BCUT2D eigenvalue weighted by Gasteiger charge is 2.17. The number of rotatable bonds is 8. The van der Waals surface area contributed by atoms with Gasteiger partial charge in [-0.25, -0.2) is 4.98 Å². The number of thiazole rings is 1. The lowest BCUT2D eigenvalue weighted by Gasteiger charge is -2.14. The van der Waals surface area contributed by atoms with Crippen LogP contribution in [0, 0.1) is 5.92 Å². The predicted octanol–water partition coefficient (Wildman–Crippen LogP) is 3.10. The molecule has 6 heteroatoms. The average molecular weight is 298 g/mol. The molecule has 1 heterocycles. The van der Waals surface area contributed by atoms with E-state index in [1.165, 1.54) is 11.3 Å². The Balaban J connectivity index is 2.56. The lowest BCUT2D eigenvalue weighted by Crippen LogP contribution is -2.32. The maximum atomic E-state index is 12.2. The molecule has 0 radical (unpaired) electrons. The molecule has 0 saturated carbocycles. The monoisotopic (exact) mass is 298 g/mol. The van der Waals surface area contributed by atoms with Gasteiger partial charge in [0.05, 0.1) is 0 Å². The summed E-state index contributed by atoms with van der Waals surface area (Å²) in [4.78, 5) is 16.8. The second-order valence-corrected chi connectivity index (χ2v) is 6.50. The van der Waals surface area contributed by atoms with E-state index in [1.807, 2.05) is 6.92 Å². The number of anilines is 2. The van der Waals surface area contributed by atoms with Gasteiger partial charge in [0, 0.05) is 12.6 Å². The van der Waals surface area contributed by atoms with Crippen LogP contribution in [-0.4, -0.2) is 23.5 Å². The van der Waals surface area contributed by atoms with E-state index in [-0.39, 0.29) is 11.9 Å². The van der Waals surface area contributed by atoms with Crippen molar-refractivity contribution in [2.75, 3.05) is 17.6 Å². The Labute approximate surface area is 125 Å². The highest BCUT2D eigenvalue weighted by Crippen LogP contribution is 2.25. The quantitative estimate of drug-likeness (QED) is 0.689. The van der Waals surface area contributed by atoms with Gasteiger partial charge in [0.1, 0.15) is 10.7 Å². The third kappa shape index (κ3) is 5.36. The Bertz CT molecular complexity index is 431. The molecule has 1 aromatic rings. The van der Waals surface area contributed by atoms with Crippen molar-refractivity contribution in [3.8, 4) is 0 Å². The first-order chi connectivity index (χ1) is 9.43. The van der Waals surface area contributed by atoms with E-state index in [4.69, 9.17) is 5.73 Å². The highest BCUT2D eigenvalue weighted by molar-refractivity contribution is 7.18. The van der Waals surface area contributed by atoms with E-state index in [2.05, 4.69) is 36.4 Å². The summed E-state index contributed by atoms with van der Waals surface area (Å²) in [6, 6.07) is 0.151. The summed E-state index contributed by atoms with van der Waals surface area (Å²) in [7, 11) is 0. The second kappa shape index (κ2) is 8.09. The lowest BCUT2D eigenvalue weighted by atomic mass is 10.0. The van der Waals surface area contributed by atoms with Crippen molar-refractivity contribution in [1.82, 2.24) is 10.3 Å². The molecule has 1 unspecified atom stereocenters. The van der Waals surface area contributed by atoms with Gasteiger partial charge in [-0.2, -0.15) is 0 Å². The number of nitrogens with one attached hydrogen (secondary N) is 2. The number of nitrogens with two attached hydrogens (primary N) is 1. The first kappa shape index (κ1) is 16.8. The number of carbonyl (C=O) groups is 1. The van der Waals surface area contributed by atoms with Gasteiger partial charge in [0.2, 0.25) is 0 Å². The summed E-state index contributed by atoms with van der Waals surface area (Å²) in [6.07, 6.45) is 3.08. The lowest BCUT2D eigenvalue weighted by molar-refractivity contribution is 0.0942. The third-order valence-electron chi connectivity index (χ3n) is 2.94. The van der Waals surface area contributed by atoms with Gasteiger partial charge in [-0.1, -0.05) is 32.1 Å². The molecule has 1 rings (SSSR count). The molecular weight excluding hydrogens is 272 g/mol. The van der Waals surface area contributed by atoms with Gasteiger partial charge in [-0.3, -0.25) is 4.79 Å². The first-order valence-corrected chi connectivity index (χ1v) is 8.06. The zero-order valence-electron chi connectivity index (χ0n) is 12.8. The highest BCUT2D eigenvalue weighted by atomic mass is 32.1. The molecule has 0 fully saturated rings. The SMILES string of the molecule is CCCNc1nc(N)c(C(=O)NC(C)CCC(C)C)s1. The van der Waals surface area contributed by atoms with Gasteiger partial charge in [0.15, 0.2) is 5.13 Å². The summed E-state index contributed by atoms with van der Waals surface area (Å²) < 4.78 is 0. The van der Waals surface area contributed by atoms with Crippen LogP contribution < -0.4 is 16.4 Å². The fourth-order valence-corrected chi connectivity index (χ4v) is 2.56.